The van der Waals surface area contributed by atoms with Crippen LogP contribution in [0.15, 0.2) is 35.8 Å². The zero-order valence-electron chi connectivity index (χ0n) is 11.7. The number of hydrogen-bond acceptors (Lipinski definition) is 5. The van der Waals surface area contributed by atoms with Crippen LogP contribution in [-0.2, 0) is 13.0 Å². The van der Waals surface area contributed by atoms with E-state index in [1.54, 1.807) is 16.0 Å². The summed E-state index contributed by atoms with van der Waals surface area (Å²) in [4.78, 5) is 4.64. The normalized spacial score (nSPS) is 11.0. The van der Waals surface area contributed by atoms with E-state index in [0.717, 1.165) is 22.0 Å². The van der Waals surface area contributed by atoms with Crippen LogP contribution in [0, 0.1) is 6.92 Å². The van der Waals surface area contributed by atoms with Gasteiger partial charge < -0.3 is 5.11 Å². The van der Waals surface area contributed by atoms with E-state index in [9.17, 15) is 0 Å². The Hall–Kier alpha value is -2.05. The van der Waals surface area contributed by atoms with E-state index in [0.29, 0.717) is 13.0 Å². The number of rotatable bonds is 5. The third-order valence-electron chi connectivity index (χ3n) is 3.13. The summed E-state index contributed by atoms with van der Waals surface area (Å²) in [6.45, 7) is 2.76. The van der Waals surface area contributed by atoms with Crippen molar-refractivity contribution >= 4 is 11.3 Å². The molecule has 0 aliphatic rings. The third kappa shape index (κ3) is 3.34. The average molecular weight is 300 g/mol. The number of aliphatic hydroxyl groups excluding tert-OH is 1. The second-order valence-corrected chi connectivity index (χ2v) is 5.75. The lowest BCUT2D eigenvalue weighted by atomic mass is 10.2. The van der Waals surface area contributed by atoms with Gasteiger partial charge in [-0.3, -0.25) is 0 Å². The van der Waals surface area contributed by atoms with Gasteiger partial charge in [0.2, 0.25) is 0 Å². The van der Waals surface area contributed by atoms with Crippen molar-refractivity contribution in [1.82, 2.24) is 20.0 Å². The number of aliphatic hydroxyl groups is 1. The van der Waals surface area contributed by atoms with Crippen molar-refractivity contribution in [2.45, 2.75) is 19.9 Å². The van der Waals surface area contributed by atoms with Gasteiger partial charge in [0.25, 0.3) is 0 Å². The minimum absolute atomic E-state index is 0.0902. The molecule has 6 heteroatoms. The van der Waals surface area contributed by atoms with Crippen molar-refractivity contribution in [1.29, 1.82) is 0 Å². The molecular weight excluding hydrogens is 284 g/mol. The van der Waals surface area contributed by atoms with E-state index >= 15 is 0 Å². The van der Waals surface area contributed by atoms with E-state index in [-0.39, 0.29) is 6.61 Å². The summed E-state index contributed by atoms with van der Waals surface area (Å²) in [7, 11) is 0. The lowest BCUT2D eigenvalue weighted by Gasteiger charge is -1.97. The Morgan fingerprint density at radius 3 is 2.76 bits per heavy atom. The minimum atomic E-state index is 0.0902. The van der Waals surface area contributed by atoms with Gasteiger partial charge in [0.05, 0.1) is 17.9 Å². The summed E-state index contributed by atoms with van der Waals surface area (Å²) in [5.41, 5.74) is 4.15. The smallest absolute Gasteiger partial charge is 0.123 e. The van der Waals surface area contributed by atoms with Gasteiger partial charge >= 0.3 is 0 Å². The molecule has 0 radical (unpaired) electrons. The van der Waals surface area contributed by atoms with Crippen molar-refractivity contribution in [3.05, 3.63) is 52.8 Å². The molecule has 0 saturated carbocycles. The van der Waals surface area contributed by atoms with Crippen molar-refractivity contribution < 1.29 is 5.11 Å². The molecule has 0 bridgehead atoms. The van der Waals surface area contributed by atoms with Gasteiger partial charge in [0, 0.05) is 30.2 Å². The summed E-state index contributed by atoms with van der Waals surface area (Å²) in [6, 6.07) is 8.36. The molecule has 0 unspecified atom stereocenters. The van der Waals surface area contributed by atoms with Gasteiger partial charge in [0.1, 0.15) is 5.01 Å². The molecule has 2 aromatic heterocycles. The quantitative estimate of drug-likeness (QED) is 0.785. The molecule has 3 rings (SSSR count). The molecule has 0 atom stereocenters. The molecule has 1 aromatic carbocycles. The second-order valence-electron chi connectivity index (χ2n) is 4.89. The fraction of sp³-hybridized carbons (Fsp3) is 0.267. The lowest BCUT2D eigenvalue weighted by molar-refractivity contribution is 0.298. The molecular formula is C15H16N4OS. The van der Waals surface area contributed by atoms with E-state index in [2.05, 4.69) is 46.5 Å². The highest BCUT2D eigenvalue weighted by Gasteiger charge is 2.07. The Labute approximate surface area is 126 Å². The van der Waals surface area contributed by atoms with Crippen LogP contribution in [0.2, 0.25) is 0 Å². The minimum Gasteiger partial charge on any atom is -0.396 e. The fourth-order valence-corrected chi connectivity index (χ4v) is 2.84. The molecule has 0 spiro atoms. The monoisotopic (exact) mass is 300 g/mol. The maximum atomic E-state index is 8.88. The van der Waals surface area contributed by atoms with Gasteiger partial charge in [-0.1, -0.05) is 35.0 Å². The van der Waals surface area contributed by atoms with E-state index in [1.165, 1.54) is 5.56 Å². The van der Waals surface area contributed by atoms with Crippen molar-refractivity contribution in [2.24, 2.45) is 0 Å². The number of aromatic nitrogens is 4. The summed E-state index contributed by atoms with van der Waals surface area (Å²) in [5.74, 6) is 0. The molecule has 21 heavy (non-hydrogen) atoms. The van der Waals surface area contributed by atoms with Crippen LogP contribution in [0.25, 0.3) is 10.6 Å². The predicted molar refractivity (Wildman–Crippen MR) is 82.2 cm³/mol. The Morgan fingerprint density at radius 2 is 2.00 bits per heavy atom. The number of benzene rings is 1. The Morgan fingerprint density at radius 1 is 1.19 bits per heavy atom. The first-order chi connectivity index (χ1) is 10.2. The first-order valence-electron chi connectivity index (χ1n) is 6.76. The highest BCUT2D eigenvalue weighted by Crippen LogP contribution is 2.24. The zero-order chi connectivity index (χ0) is 14.7. The van der Waals surface area contributed by atoms with Crippen LogP contribution in [0.1, 0.15) is 17.0 Å². The molecule has 2 heterocycles. The summed E-state index contributed by atoms with van der Waals surface area (Å²) < 4.78 is 1.75. The van der Waals surface area contributed by atoms with Gasteiger partial charge in [-0.15, -0.1) is 16.4 Å². The SMILES string of the molecule is Cc1ccc(-c2nc(Cn3cc(CCO)nn3)cs2)cc1. The number of aryl methyl sites for hydroxylation is 1. The topological polar surface area (TPSA) is 63.8 Å². The van der Waals surface area contributed by atoms with Crippen molar-refractivity contribution in [3.8, 4) is 10.6 Å². The number of thiazole rings is 1. The van der Waals surface area contributed by atoms with E-state index in [4.69, 9.17) is 5.11 Å². The van der Waals surface area contributed by atoms with Gasteiger partial charge in [-0.25, -0.2) is 9.67 Å². The van der Waals surface area contributed by atoms with Crippen LogP contribution in [0.5, 0.6) is 0 Å². The Bertz CT molecular complexity index is 717. The van der Waals surface area contributed by atoms with E-state index < -0.39 is 0 Å². The molecule has 108 valence electrons. The molecule has 0 saturated heterocycles. The molecule has 0 amide bonds. The Kier molecular flexibility index (Phi) is 4.08. The van der Waals surface area contributed by atoms with Crippen LogP contribution < -0.4 is 0 Å². The molecule has 0 aliphatic heterocycles. The first kappa shape index (κ1) is 13.9. The number of nitrogens with zero attached hydrogens (tertiary/aromatic N) is 4. The predicted octanol–water partition coefficient (Wildman–Crippen LogP) is 2.29. The van der Waals surface area contributed by atoms with Crippen LogP contribution in [0.3, 0.4) is 0 Å². The maximum absolute atomic E-state index is 8.88. The fourth-order valence-electron chi connectivity index (χ4n) is 2.02. The summed E-state index contributed by atoms with van der Waals surface area (Å²) >= 11 is 1.63. The van der Waals surface area contributed by atoms with Gasteiger partial charge in [0.15, 0.2) is 0 Å². The van der Waals surface area contributed by atoms with Crippen LogP contribution >= 0.6 is 11.3 Å². The van der Waals surface area contributed by atoms with Crippen LogP contribution in [-0.4, -0.2) is 31.7 Å². The second kappa shape index (κ2) is 6.15. The highest BCUT2D eigenvalue weighted by atomic mass is 32.1. The largest absolute Gasteiger partial charge is 0.396 e. The first-order valence-corrected chi connectivity index (χ1v) is 7.64. The molecule has 5 nitrogen and oxygen atoms in total. The van der Waals surface area contributed by atoms with E-state index in [1.807, 2.05) is 11.6 Å². The van der Waals surface area contributed by atoms with Gasteiger partial charge in [-0.2, -0.15) is 0 Å². The molecule has 3 aromatic rings. The average Bonchev–Trinajstić information content (AvgIpc) is 3.11. The summed E-state index contributed by atoms with van der Waals surface area (Å²) in [5, 5.41) is 20.0. The Balaban J connectivity index is 1.73. The third-order valence-corrected chi connectivity index (χ3v) is 4.07. The summed E-state index contributed by atoms with van der Waals surface area (Å²) in [6.07, 6.45) is 2.38. The van der Waals surface area contributed by atoms with Crippen LogP contribution in [0.4, 0.5) is 0 Å². The maximum Gasteiger partial charge on any atom is 0.123 e. The lowest BCUT2D eigenvalue weighted by Crippen LogP contribution is -2.00. The molecule has 0 fully saturated rings. The number of hydrogen-bond donors (Lipinski definition) is 1. The molecule has 0 aliphatic carbocycles. The highest BCUT2D eigenvalue weighted by molar-refractivity contribution is 7.13. The standard InChI is InChI=1S/C15H16N4OS/c1-11-2-4-12(5-3-11)15-16-14(10-21-15)9-19-8-13(6-7-20)17-18-19/h2-5,8,10,20H,6-7,9H2,1H3. The van der Waals surface area contributed by atoms with Gasteiger partial charge in [-0.05, 0) is 6.92 Å². The zero-order valence-corrected chi connectivity index (χ0v) is 12.5. The van der Waals surface area contributed by atoms with Crippen molar-refractivity contribution in [2.75, 3.05) is 6.61 Å². The van der Waals surface area contributed by atoms with Crippen molar-refractivity contribution in [3.63, 3.8) is 0 Å². The molecule has 1 N–H and O–H groups in total.